The number of esters is 1. The zero-order chi connectivity index (χ0) is 14.1. The standard InChI is InChI=1S/C15H28O4/c1-4-18-15(16)10-14(12(2)19-11-17-3)13-8-6-5-7-9-13/h12-14H,4-11H2,1-3H3/t12-,14+/m1/s1. The van der Waals surface area contributed by atoms with E-state index in [2.05, 4.69) is 0 Å². The number of rotatable bonds is 8. The van der Waals surface area contributed by atoms with Crippen LogP contribution in [-0.2, 0) is 19.0 Å². The molecule has 1 aliphatic rings. The first-order chi connectivity index (χ1) is 9.19. The molecule has 0 aliphatic heterocycles. The van der Waals surface area contributed by atoms with Crippen LogP contribution in [0.4, 0.5) is 0 Å². The highest BCUT2D eigenvalue weighted by Crippen LogP contribution is 2.34. The van der Waals surface area contributed by atoms with E-state index in [4.69, 9.17) is 14.2 Å². The molecule has 0 bridgehead atoms. The minimum absolute atomic E-state index is 0.0347. The number of hydrogen-bond acceptors (Lipinski definition) is 4. The highest BCUT2D eigenvalue weighted by molar-refractivity contribution is 5.69. The van der Waals surface area contributed by atoms with E-state index in [9.17, 15) is 4.79 Å². The van der Waals surface area contributed by atoms with Crippen molar-refractivity contribution in [3.63, 3.8) is 0 Å². The molecule has 0 aromatic heterocycles. The third-order valence-electron chi connectivity index (χ3n) is 4.01. The van der Waals surface area contributed by atoms with Crippen LogP contribution in [0.25, 0.3) is 0 Å². The lowest BCUT2D eigenvalue weighted by molar-refractivity contribution is -0.149. The molecule has 19 heavy (non-hydrogen) atoms. The molecular formula is C15H28O4. The third kappa shape index (κ3) is 5.91. The first kappa shape index (κ1) is 16.4. The van der Waals surface area contributed by atoms with Crippen LogP contribution in [0.5, 0.6) is 0 Å². The summed E-state index contributed by atoms with van der Waals surface area (Å²) >= 11 is 0. The molecule has 2 atom stereocenters. The molecule has 0 aromatic rings. The molecule has 0 N–H and O–H groups in total. The Bertz CT molecular complexity index is 249. The van der Waals surface area contributed by atoms with Crippen molar-refractivity contribution in [2.75, 3.05) is 20.5 Å². The summed E-state index contributed by atoms with van der Waals surface area (Å²) in [4.78, 5) is 11.8. The Hall–Kier alpha value is -0.610. The summed E-state index contributed by atoms with van der Waals surface area (Å²) in [6.45, 7) is 4.62. The van der Waals surface area contributed by atoms with Crippen LogP contribution in [0, 0.1) is 11.8 Å². The molecule has 0 heterocycles. The maximum Gasteiger partial charge on any atom is 0.306 e. The largest absolute Gasteiger partial charge is 0.466 e. The zero-order valence-electron chi connectivity index (χ0n) is 12.5. The topological polar surface area (TPSA) is 44.8 Å². The van der Waals surface area contributed by atoms with Gasteiger partial charge in [-0.3, -0.25) is 4.79 Å². The Morgan fingerprint density at radius 1 is 1.26 bits per heavy atom. The van der Waals surface area contributed by atoms with Crippen molar-refractivity contribution in [1.29, 1.82) is 0 Å². The SMILES string of the molecule is CCOC(=O)C[C@H](C1CCCCC1)[C@@H](C)OCOC. The predicted molar refractivity (Wildman–Crippen MR) is 73.7 cm³/mol. The van der Waals surface area contributed by atoms with Gasteiger partial charge in [-0.25, -0.2) is 0 Å². The second-order valence-electron chi connectivity index (χ2n) is 5.35. The van der Waals surface area contributed by atoms with E-state index in [1.807, 2.05) is 13.8 Å². The fraction of sp³-hybridized carbons (Fsp3) is 0.933. The van der Waals surface area contributed by atoms with Crippen LogP contribution in [0.1, 0.15) is 52.4 Å². The summed E-state index contributed by atoms with van der Waals surface area (Å²) in [5.74, 6) is 0.713. The van der Waals surface area contributed by atoms with Crippen LogP contribution in [0.15, 0.2) is 0 Å². The van der Waals surface area contributed by atoms with E-state index < -0.39 is 0 Å². The first-order valence-electron chi connectivity index (χ1n) is 7.45. The average molecular weight is 272 g/mol. The van der Waals surface area contributed by atoms with Crippen molar-refractivity contribution in [2.45, 2.75) is 58.5 Å². The molecule has 112 valence electrons. The molecule has 1 fully saturated rings. The predicted octanol–water partition coefficient (Wildman–Crippen LogP) is 3.15. The second kappa shape index (κ2) is 9.32. The van der Waals surface area contributed by atoms with E-state index in [1.54, 1.807) is 7.11 Å². The molecule has 0 radical (unpaired) electrons. The van der Waals surface area contributed by atoms with Crippen LogP contribution in [0.2, 0.25) is 0 Å². The average Bonchev–Trinajstić information content (AvgIpc) is 2.43. The lowest BCUT2D eigenvalue weighted by Gasteiger charge is -2.33. The maximum atomic E-state index is 11.8. The van der Waals surface area contributed by atoms with E-state index in [1.165, 1.54) is 32.1 Å². The Morgan fingerprint density at radius 3 is 2.53 bits per heavy atom. The molecule has 1 aliphatic carbocycles. The minimum atomic E-state index is -0.106. The lowest BCUT2D eigenvalue weighted by atomic mass is 9.76. The number of carbonyl (C=O) groups excluding carboxylic acids is 1. The van der Waals surface area contributed by atoms with E-state index >= 15 is 0 Å². The zero-order valence-corrected chi connectivity index (χ0v) is 12.5. The van der Waals surface area contributed by atoms with Gasteiger partial charge in [0.25, 0.3) is 0 Å². The number of hydrogen-bond donors (Lipinski definition) is 0. The molecule has 0 spiro atoms. The van der Waals surface area contributed by atoms with Gasteiger partial charge in [0, 0.05) is 7.11 Å². The van der Waals surface area contributed by atoms with Gasteiger partial charge in [-0.1, -0.05) is 32.1 Å². The van der Waals surface area contributed by atoms with Gasteiger partial charge >= 0.3 is 5.97 Å². The maximum absolute atomic E-state index is 11.8. The van der Waals surface area contributed by atoms with E-state index in [0.29, 0.717) is 18.9 Å². The van der Waals surface area contributed by atoms with E-state index in [-0.39, 0.29) is 24.8 Å². The van der Waals surface area contributed by atoms with Gasteiger partial charge in [0.1, 0.15) is 6.79 Å². The van der Waals surface area contributed by atoms with Gasteiger partial charge in [0.05, 0.1) is 19.1 Å². The van der Waals surface area contributed by atoms with Gasteiger partial charge in [-0.2, -0.15) is 0 Å². The van der Waals surface area contributed by atoms with Crippen molar-refractivity contribution in [3.8, 4) is 0 Å². The summed E-state index contributed by atoms with van der Waals surface area (Å²) in [7, 11) is 1.62. The molecular weight excluding hydrogens is 244 g/mol. The smallest absolute Gasteiger partial charge is 0.306 e. The Labute approximate surface area is 116 Å². The summed E-state index contributed by atoms with van der Waals surface area (Å²) < 4.78 is 15.7. The highest BCUT2D eigenvalue weighted by atomic mass is 16.7. The quantitative estimate of drug-likeness (QED) is 0.503. The second-order valence-corrected chi connectivity index (χ2v) is 5.35. The minimum Gasteiger partial charge on any atom is -0.466 e. The van der Waals surface area contributed by atoms with Crippen LogP contribution >= 0.6 is 0 Å². The molecule has 0 aromatic carbocycles. The van der Waals surface area contributed by atoms with Gasteiger partial charge in [0.2, 0.25) is 0 Å². The lowest BCUT2D eigenvalue weighted by Crippen LogP contribution is -2.32. The van der Waals surface area contributed by atoms with E-state index in [0.717, 1.165) is 0 Å². The molecule has 0 saturated heterocycles. The normalized spacial score (nSPS) is 19.9. The Balaban J connectivity index is 2.57. The number of carbonyl (C=O) groups is 1. The van der Waals surface area contributed by atoms with Crippen molar-refractivity contribution in [3.05, 3.63) is 0 Å². The molecule has 0 unspecified atom stereocenters. The fourth-order valence-electron chi connectivity index (χ4n) is 2.99. The van der Waals surface area contributed by atoms with Gasteiger partial charge < -0.3 is 14.2 Å². The molecule has 4 nitrogen and oxygen atoms in total. The summed E-state index contributed by atoms with van der Waals surface area (Å²) in [5, 5.41) is 0. The third-order valence-corrected chi connectivity index (χ3v) is 4.01. The Morgan fingerprint density at radius 2 is 1.95 bits per heavy atom. The van der Waals surface area contributed by atoms with Crippen LogP contribution < -0.4 is 0 Å². The van der Waals surface area contributed by atoms with Crippen molar-refractivity contribution < 1.29 is 19.0 Å². The summed E-state index contributed by atoms with van der Waals surface area (Å²) in [6.07, 6.45) is 6.74. The Kier molecular flexibility index (Phi) is 8.07. The van der Waals surface area contributed by atoms with Crippen LogP contribution in [0.3, 0.4) is 0 Å². The summed E-state index contributed by atoms with van der Waals surface area (Å²) in [6, 6.07) is 0. The highest BCUT2D eigenvalue weighted by Gasteiger charge is 2.31. The summed E-state index contributed by atoms with van der Waals surface area (Å²) in [5.41, 5.74) is 0. The first-order valence-corrected chi connectivity index (χ1v) is 7.45. The van der Waals surface area contributed by atoms with Crippen molar-refractivity contribution in [1.82, 2.24) is 0 Å². The molecule has 1 rings (SSSR count). The van der Waals surface area contributed by atoms with Crippen molar-refractivity contribution in [2.24, 2.45) is 11.8 Å². The molecule has 1 saturated carbocycles. The van der Waals surface area contributed by atoms with Crippen molar-refractivity contribution >= 4 is 5.97 Å². The number of ether oxygens (including phenoxy) is 3. The monoisotopic (exact) mass is 272 g/mol. The van der Waals surface area contributed by atoms with Crippen LogP contribution in [-0.4, -0.2) is 32.6 Å². The molecule has 4 heteroatoms. The van der Waals surface area contributed by atoms with Gasteiger partial charge in [-0.15, -0.1) is 0 Å². The molecule has 0 amide bonds. The number of methoxy groups -OCH3 is 1. The van der Waals surface area contributed by atoms with Gasteiger partial charge in [0.15, 0.2) is 0 Å². The van der Waals surface area contributed by atoms with Gasteiger partial charge in [-0.05, 0) is 25.7 Å². The fourth-order valence-corrected chi connectivity index (χ4v) is 2.99.